The first kappa shape index (κ1) is 10.6. The molecule has 2 heterocycles. The summed E-state index contributed by atoms with van der Waals surface area (Å²) in [6.07, 6.45) is 2.09. The van der Waals surface area contributed by atoms with E-state index in [1.54, 1.807) is 0 Å². The first-order chi connectivity index (χ1) is 7.22. The normalized spacial score (nSPS) is 21.3. The lowest BCUT2D eigenvalue weighted by Gasteiger charge is -2.34. The number of thiophene rings is 1. The van der Waals surface area contributed by atoms with Crippen molar-refractivity contribution in [2.75, 3.05) is 13.1 Å². The van der Waals surface area contributed by atoms with Gasteiger partial charge in [-0.15, -0.1) is 11.3 Å². The molecule has 1 aromatic rings. The van der Waals surface area contributed by atoms with Crippen molar-refractivity contribution in [3.63, 3.8) is 0 Å². The van der Waals surface area contributed by atoms with Crippen molar-refractivity contribution in [2.45, 2.75) is 25.8 Å². The van der Waals surface area contributed by atoms with E-state index in [0.29, 0.717) is 12.6 Å². The average Bonchev–Trinajstić information content (AvgIpc) is 2.64. The predicted octanol–water partition coefficient (Wildman–Crippen LogP) is 1.54. The fraction of sp³-hybridized carbons (Fsp3) is 0.545. The lowest BCUT2D eigenvalue weighted by atomic mass is 9.98. The second kappa shape index (κ2) is 4.33. The van der Waals surface area contributed by atoms with Gasteiger partial charge in [0.25, 0.3) is 0 Å². The maximum absolute atomic E-state index is 11.0. The van der Waals surface area contributed by atoms with Gasteiger partial charge in [-0.3, -0.25) is 9.69 Å². The van der Waals surface area contributed by atoms with Crippen molar-refractivity contribution in [1.29, 1.82) is 0 Å². The minimum absolute atomic E-state index is 0.230. The van der Waals surface area contributed by atoms with Crippen LogP contribution in [-0.2, 0) is 11.2 Å². The van der Waals surface area contributed by atoms with E-state index in [4.69, 9.17) is 5.73 Å². The quantitative estimate of drug-likeness (QED) is 0.846. The summed E-state index contributed by atoms with van der Waals surface area (Å²) in [5.41, 5.74) is 6.66. The molecule has 1 aromatic heterocycles. The first-order valence-electron chi connectivity index (χ1n) is 5.31. The van der Waals surface area contributed by atoms with Crippen LogP contribution in [0.1, 0.15) is 29.8 Å². The third-order valence-electron chi connectivity index (χ3n) is 2.95. The van der Waals surface area contributed by atoms with Crippen LogP contribution in [0.4, 0.5) is 0 Å². The highest BCUT2D eigenvalue weighted by Crippen LogP contribution is 2.34. The molecular weight excluding hydrogens is 208 g/mol. The molecule has 0 bridgehead atoms. The third kappa shape index (κ3) is 2.06. The van der Waals surface area contributed by atoms with Gasteiger partial charge in [-0.05, 0) is 29.9 Å². The second-order valence-electron chi connectivity index (χ2n) is 3.91. The molecule has 1 aliphatic heterocycles. The number of carbonyl (C=O) groups excluding carboxylic acids is 1. The molecular formula is C11H16N2OS. The smallest absolute Gasteiger partial charge is 0.231 e. The van der Waals surface area contributed by atoms with Gasteiger partial charge in [0.1, 0.15) is 0 Å². The van der Waals surface area contributed by atoms with Crippen LogP contribution in [0.25, 0.3) is 0 Å². The maximum Gasteiger partial charge on any atom is 0.231 e. The molecule has 0 aromatic carbocycles. The minimum atomic E-state index is -0.230. The van der Waals surface area contributed by atoms with Crippen LogP contribution in [0.5, 0.6) is 0 Å². The lowest BCUT2D eigenvalue weighted by molar-refractivity contribution is -0.119. The molecule has 1 aliphatic rings. The van der Waals surface area contributed by atoms with E-state index in [0.717, 1.165) is 19.4 Å². The molecule has 1 atom stereocenters. The van der Waals surface area contributed by atoms with E-state index in [-0.39, 0.29) is 5.91 Å². The van der Waals surface area contributed by atoms with Crippen LogP contribution < -0.4 is 5.73 Å². The Kier molecular flexibility index (Phi) is 3.07. The van der Waals surface area contributed by atoms with Crippen molar-refractivity contribution in [2.24, 2.45) is 5.73 Å². The van der Waals surface area contributed by atoms with E-state index in [1.165, 1.54) is 10.4 Å². The molecule has 0 radical (unpaired) electrons. The number of primary amides is 1. The van der Waals surface area contributed by atoms with E-state index in [9.17, 15) is 4.79 Å². The van der Waals surface area contributed by atoms with Gasteiger partial charge in [-0.2, -0.15) is 0 Å². The van der Waals surface area contributed by atoms with Crippen molar-refractivity contribution in [1.82, 2.24) is 4.90 Å². The summed E-state index contributed by atoms with van der Waals surface area (Å²) in [5, 5.41) is 2.14. The number of hydrogen-bond donors (Lipinski definition) is 1. The van der Waals surface area contributed by atoms with Gasteiger partial charge in [0.2, 0.25) is 5.91 Å². The molecule has 4 heteroatoms. The SMILES string of the molecule is CC[C@@H]1c2ccsc2CCN1CC(N)=O. The summed E-state index contributed by atoms with van der Waals surface area (Å²) in [4.78, 5) is 14.6. The Morgan fingerprint density at radius 3 is 3.20 bits per heavy atom. The molecule has 0 unspecified atom stereocenters. The molecule has 0 spiro atoms. The second-order valence-corrected chi connectivity index (χ2v) is 4.91. The van der Waals surface area contributed by atoms with Crippen molar-refractivity contribution in [3.05, 3.63) is 21.9 Å². The van der Waals surface area contributed by atoms with Crippen molar-refractivity contribution >= 4 is 17.2 Å². The molecule has 0 saturated heterocycles. The summed E-state index contributed by atoms with van der Waals surface area (Å²) in [6.45, 7) is 3.49. The zero-order valence-corrected chi connectivity index (χ0v) is 9.72. The highest BCUT2D eigenvalue weighted by atomic mass is 32.1. The fourth-order valence-electron chi connectivity index (χ4n) is 2.32. The van der Waals surface area contributed by atoms with E-state index < -0.39 is 0 Å². The molecule has 3 nitrogen and oxygen atoms in total. The Hall–Kier alpha value is -0.870. The summed E-state index contributed by atoms with van der Waals surface area (Å²) in [5.74, 6) is -0.230. The standard InChI is InChI=1S/C11H16N2OS/c1-2-9-8-4-6-15-10(8)3-5-13(9)7-11(12)14/h4,6,9H,2-3,5,7H2,1H3,(H2,12,14)/t9-/m1/s1. The molecule has 2 N–H and O–H groups in total. The summed E-state index contributed by atoms with van der Waals surface area (Å²) >= 11 is 1.82. The van der Waals surface area contributed by atoms with Crippen molar-refractivity contribution in [3.8, 4) is 0 Å². The van der Waals surface area contributed by atoms with E-state index in [2.05, 4.69) is 23.3 Å². The van der Waals surface area contributed by atoms with Gasteiger partial charge in [0, 0.05) is 17.5 Å². The van der Waals surface area contributed by atoms with E-state index in [1.807, 2.05) is 11.3 Å². The average molecular weight is 224 g/mol. The number of amides is 1. The molecule has 0 fully saturated rings. The third-order valence-corrected chi connectivity index (χ3v) is 3.95. The van der Waals surface area contributed by atoms with Gasteiger partial charge in [-0.1, -0.05) is 6.92 Å². The highest BCUT2D eigenvalue weighted by Gasteiger charge is 2.27. The number of nitrogens with two attached hydrogens (primary N) is 1. The molecule has 0 aliphatic carbocycles. The van der Waals surface area contributed by atoms with Crippen LogP contribution in [0.15, 0.2) is 11.4 Å². The Balaban J connectivity index is 2.21. The van der Waals surface area contributed by atoms with Crippen molar-refractivity contribution < 1.29 is 4.79 Å². The fourth-order valence-corrected chi connectivity index (χ4v) is 3.24. The number of nitrogens with zero attached hydrogens (tertiary/aromatic N) is 1. The van der Waals surface area contributed by atoms with Crippen LogP contribution >= 0.6 is 11.3 Å². The molecule has 15 heavy (non-hydrogen) atoms. The maximum atomic E-state index is 11.0. The Morgan fingerprint density at radius 2 is 2.53 bits per heavy atom. The van der Waals surface area contributed by atoms with Gasteiger partial charge in [0.15, 0.2) is 0 Å². The Bertz CT molecular complexity index is 361. The zero-order chi connectivity index (χ0) is 10.8. The van der Waals surface area contributed by atoms with Gasteiger partial charge in [0.05, 0.1) is 6.54 Å². The van der Waals surface area contributed by atoms with Gasteiger partial charge >= 0.3 is 0 Å². The molecule has 1 amide bonds. The van der Waals surface area contributed by atoms with Crippen LogP contribution in [-0.4, -0.2) is 23.9 Å². The summed E-state index contributed by atoms with van der Waals surface area (Å²) in [6, 6.07) is 2.56. The number of fused-ring (bicyclic) bond motifs is 1. The van der Waals surface area contributed by atoms with Gasteiger partial charge in [-0.25, -0.2) is 0 Å². The zero-order valence-electron chi connectivity index (χ0n) is 8.90. The Morgan fingerprint density at radius 1 is 1.73 bits per heavy atom. The highest BCUT2D eigenvalue weighted by molar-refractivity contribution is 7.10. The lowest BCUT2D eigenvalue weighted by Crippen LogP contribution is -2.40. The monoisotopic (exact) mass is 224 g/mol. The van der Waals surface area contributed by atoms with Crippen LogP contribution in [0, 0.1) is 0 Å². The summed E-state index contributed by atoms with van der Waals surface area (Å²) in [7, 11) is 0. The minimum Gasteiger partial charge on any atom is -0.369 e. The van der Waals surface area contributed by atoms with Crippen LogP contribution in [0.2, 0.25) is 0 Å². The van der Waals surface area contributed by atoms with Crippen LogP contribution in [0.3, 0.4) is 0 Å². The topological polar surface area (TPSA) is 46.3 Å². The Labute approximate surface area is 93.9 Å². The van der Waals surface area contributed by atoms with E-state index >= 15 is 0 Å². The molecule has 2 rings (SSSR count). The molecule has 0 saturated carbocycles. The predicted molar refractivity (Wildman–Crippen MR) is 61.8 cm³/mol. The first-order valence-corrected chi connectivity index (χ1v) is 6.19. The largest absolute Gasteiger partial charge is 0.369 e. The number of hydrogen-bond acceptors (Lipinski definition) is 3. The summed E-state index contributed by atoms with van der Waals surface area (Å²) < 4.78 is 0. The number of carbonyl (C=O) groups is 1. The molecule has 82 valence electrons. The van der Waals surface area contributed by atoms with Gasteiger partial charge < -0.3 is 5.73 Å². The number of rotatable bonds is 3.